The molecule has 0 aliphatic carbocycles. The normalized spacial score (nSPS) is 12.2. The van der Waals surface area contributed by atoms with Crippen molar-refractivity contribution in [3.8, 4) is 0 Å². The number of ketones is 1. The van der Waals surface area contributed by atoms with E-state index in [0.717, 1.165) is 0 Å². The van der Waals surface area contributed by atoms with Crippen molar-refractivity contribution >= 4 is 25.8 Å². The molecular weight excluding hydrogens is 214 g/mol. The third kappa shape index (κ3) is 6.00. The minimum Gasteiger partial charge on any atom is -0.515 e. The number of hydrogen-bond donors (Lipinski definition) is 0. The minimum atomic E-state index is -2.01. The molecule has 5 nitrogen and oxygen atoms in total. The molecule has 0 fully saturated rings. The van der Waals surface area contributed by atoms with E-state index in [0.29, 0.717) is 6.61 Å². The Morgan fingerprint density at radius 1 is 1.27 bits per heavy atom. The summed E-state index contributed by atoms with van der Waals surface area (Å²) in [5.41, 5.74) is -0.278. The molecule has 15 heavy (non-hydrogen) atoms. The van der Waals surface area contributed by atoms with Crippen molar-refractivity contribution < 1.29 is 18.9 Å². The molecule has 0 N–H and O–H groups in total. The Morgan fingerprint density at radius 2 is 1.80 bits per heavy atom. The van der Waals surface area contributed by atoms with Crippen LogP contribution in [0.4, 0.5) is 0 Å². The Hall–Kier alpha value is -1.17. The molecule has 0 amide bonds. The third-order valence-electron chi connectivity index (χ3n) is 1.21. The lowest BCUT2D eigenvalue weighted by Crippen LogP contribution is -2.35. The average Bonchev–Trinajstić information content (AvgIpc) is 2.00. The molecular formula is C9H17NO4Si. The van der Waals surface area contributed by atoms with Crippen LogP contribution < -0.4 is 0 Å². The summed E-state index contributed by atoms with van der Waals surface area (Å²) in [6, 6.07) is 0. The zero-order valence-electron chi connectivity index (χ0n) is 9.79. The van der Waals surface area contributed by atoms with Crippen molar-refractivity contribution in [1.82, 2.24) is 0 Å². The number of carbonyl (C=O) groups excluding carboxylic acids is 2. The Bertz CT molecular complexity index is 280. The zero-order chi connectivity index (χ0) is 12.1. The number of Topliss-reactive ketones (excluding diaryl/α,β-unsaturated/α-hetero) is 1. The molecule has 0 aromatic carbocycles. The fourth-order valence-electron chi connectivity index (χ4n) is 0.701. The lowest BCUT2D eigenvalue weighted by Gasteiger charge is -2.16. The van der Waals surface area contributed by atoms with E-state index < -0.39 is 20.1 Å². The molecule has 0 aromatic heterocycles. The predicted octanol–water partition coefficient (Wildman–Crippen LogP) is 1.35. The fourth-order valence-corrected chi connectivity index (χ4v) is 1.35. The predicted molar refractivity (Wildman–Crippen MR) is 59.2 cm³/mol. The van der Waals surface area contributed by atoms with Crippen LogP contribution in [0.15, 0.2) is 5.16 Å². The molecule has 0 aromatic rings. The molecule has 0 aliphatic heterocycles. The number of nitrogens with zero attached hydrogens (tertiary/aromatic N) is 1. The maximum atomic E-state index is 11.5. The lowest BCUT2D eigenvalue weighted by atomic mass is 10.3. The molecule has 0 bridgehead atoms. The second kappa shape index (κ2) is 5.65. The SMILES string of the molecule is CCON=C(C(C)=O)C(=O)O[Si](C)(C)C. The highest BCUT2D eigenvalue weighted by Crippen LogP contribution is 2.04. The number of carbonyl (C=O) groups is 2. The van der Waals surface area contributed by atoms with Gasteiger partial charge in [-0.2, -0.15) is 0 Å². The standard InChI is InChI=1S/C9H17NO4Si/c1-6-13-10-8(7(2)11)9(12)14-15(3,4)5/h6H2,1-5H3. The van der Waals surface area contributed by atoms with E-state index in [2.05, 4.69) is 9.99 Å². The van der Waals surface area contributed by atoms with Gasteiger partial charge in [-0.25, -0.2) is 4.79 Å². The number of oxime groups is 1. The number of hydrogen-bond acceptors (Lipinski definition) is 5. The van der Waals surface area contributed by atoms with Gasteiger partial charge in [0.15, 0.2) is 5.78 Å². The van der Waals surface area contributed by atoms with E-state index in [-0.39, 0.29) is 5.71 Å². The van der Waals surface area contributed by atoms with Crippen LogP contribution in [0.5, 0.6) is 0 Å². The summed E-state index contributed by atoms with van der Waals surface area (Å²) in [5.74, 6) is -1.15. The molecule has 0 aliphatic rings. The van der Waals surface area contributed by atoms with Crippen molar-refractivity contribution in [2.24, 2.45) is 5.16 Å². The highest BCUT2D eigenvalue weighted by atomic mass is 28.4. The molecule has 0 heterocycles. The van der Waals surface area contributed by atoms with Crippen LogP contribution in [0.1, 0.15) is 13.8 Å². The van der Waals surface area contributed by atoms with Crippen molar-refractivity contribution in [2.75, 3.05) is 6.61 Å². The second-order valence-corrected chi connectivity index (χ2v) is 8.34. The molecule has 6 heteroatoms. The Kier molecular flexibility index (Phi) is 5.20. The Morgan fingerprint density at radius 3 is 2.13 bits per heavy atom. The van der Waals surface area contributed by atoms with E-state index in [9.17, 15) is 9.59 Å². The van der Waals surface area contributed by atoms with E-state index in [4.69, 9.17) is 4.43 Å². The van der Waals surface area contributed by atoms with Gasteiger partial charge in [-0.05, 0) is 26.6 Å². The first-order chi connectivity index (χ1) is 6.78. The van der Waals surface area contributed by atoms with Gasteiger partial charge in [-0.15, -0.1) is 0 Å². The van der Waals surface area contributed by atoms with Crippen LogP contribution in [-0.4, -0.2) is 32.4 Å². The van der Waals surface area contributed by atoms with Crippen LogP contribution >= 0.6 is 0 Å². The molecule has 0 atom stereocenters. The molecule has 0 radical (unpaired) electrons. The summed E-state index contributed by atoms with van der Waals surface area (Å²) in [6.07, 6.45) is 0. The number of rotatable bonds is 5. The smallest absolute Gasteiger partial charge is 0.350 e. The maximum absolute atomic E-state index is 11.5. The molecule has 0 saturated heterocycles. The van der Waals surface area contributed by atoms with E-state index in [1.54, 1.807) is 6.92 Å². The highest BCUT2D eigenvalue weighted by Gasteiger charge is 2.26. The van der Waals surface area contributed by atoms with Gasteiger partial charge in [0, 0.05) is 6.92 Å². The van der Waals surface area contributed by atoms with Crippen molar-refractivity contribution in [1.29, 1.82) is 0 Å². The van der Waals surface area contributed by atoms with Crippen LogP contribution in [0.3, 0.4) is 0 Å². The van der Waals surface area contributed by atoms with Gasteiger partial charge in [0.05, 0.1) is 0 Å². The fraction of sp³-hybridized carbons (Fsp3) is 0.667. The highest BCUT2D eigenvalue weighted by molar-refractivity contribution is 6.75. The van der Waals surface area contributed by atoms with Gasteiger partial charge < -0.3 is 9.26 Å². The summed E-state index contributed by atoms with van der Waals surface area (Å²) in [6.45, 7) is 8.82. The van der Waals surface area contributed by atoms with E-state index >= 15 is 0 Å². The zero-order valence-corrected chi connectivity index (χ0v) is 10.8. The molecule has 86 valence electrons. The van der Waals surface area contributed by atoms with Gasteiger partial charge in [-0.1, -0.05) is 5.16 Å². The van der Waals surface area contributed by atoms with E-state index in [1.807, 2.05) is 19.6 Å². The quantitative estimate of drug-likeness (QED) is 0.310. The first-order valence-corrected chi connectivity index (χ1v) is 8.13. The van der Waals surface area contributed by atoms with Crippen LogP contribution in [0, 0.1) is 0 Å². The third-order valence-corrected chi connectivity index (χ3v) is 2.01. The Labute approximate surface area is 90.6 Å². The van der Waals surface area contributed by atoms with E-state index in [1.165, 1.54) is 6.92 Å². The minimum absolute atomic E-state index is 0.278. The van der Waals surface area contributed by atoms with Crippen LogP contribution in [0.25, 0.3) is 0 Å². The first kappa shape index (κ1) is 13.8. The topological polar surface area (TPSA) is 65.0 Å². The summed E-state index contributed by atoms with van der Waals surface area (Å²) >= 11 is 0. The van der Waals surface area contributed by atoms with Crippen LogP contribution in [0.2, 0.25) is 19.6 Å². The average molecular weight is 231 g/mol. The Balaban J connectivity index is 4.65. The molecule has 0 spiro atoms. The van der Waals surface area contributed by atoms with Crippen molar-refractivity contribution in [2.45, 2.75) is 33.5 Å². The first-order valence-electron chi connectivity index (χ1n) is 4.72. The van der Waals surface area contributed by atoms with Crippen molar-refractivity contribution in [3.63, 3.8) is 0 Å². The van der Waals surface area contributed by atoms with Gasteiger partial charge in [-0.3, -0.25) is 4.79 Å². The van der Waals surface area contributed by atoms with Gasteiger partial charge >= 0.3 is 5.97 Å². The monoisotopic (exact) mass is 231 g/mol. The van der Waals surface area contributed by atoms with Crippen molar-refractivity contribution in [3.05, 3.63) is 0 Å². The summed E-state index contributed by atoms with van der Waals surface area (Å²) in [7, 11) is -2.01. The summed E-state index contributed by atoms with van der Waals surface area (Å²) < 4.78 is 5.13. The molecule has 0 rings (SSSR count). The maximum Gasteiger partial charge on any atom is 0.350 e. The lowest BCUT2D eigenvalue weighted by molar-refractivity contribution is -0.128. The summed E-state index contributed by atoms with van der Waals surface area (Å²) in [5, 5.41) is 3.44. The molecule has 0 saturated carbocycles. The molecule has 0 unspecified atom stereocenters. The van der Waals surface area contributed by atoms with Gasteiger partial charge in [0.1, 0.15) is 6.61 Å². The van der Waals surface area contributed by atoms with Gasteiger partial charge in [0.25, 0.3) is 0 Å². The van der Waals surface area contributed by atoms with Gasteiger partial charge in [0.2, 0.25) is 14.0 Å². The largest absolute Gasteiger partial charge is 0.515 e. The van der Waals surface area contributed by atoms with Crippen LogP contribution in [-0.2, 0) is 18.9 Å². The summed E-state index contributed by atoms with van der Waals surface area (Å²) in [4.78, 5) is 27.2. The second-order valence-electron chi connectivity index (χ2n) is 3.92.